The van der Waals surface area contributed by atoms with Crippen molar-refractivity contribution in [2.75, 3.05) is 12.3 Å². The molecule has 2 aliphatic carbocycles. The lowest BCUT2D eigenvalue weighted by molar-refractivity contribution is -0.145. The molecule has 1 saturated heterocycles. The van der Waals surface area contributed by atoms with E-state index in [0.29, 0.717) is 19.4 Å². The van der Waals surface area contributed by atoms with Gasteiger partial charge in [-0.25, -0.2) is 13.2 Å². The number of ketones is 1. The number of carbonyl (C=O) groups is 5. The van der Waals surface area contributed by atoms with Gasteiger partial charge in [-0.1, -0.05) is 67.7 Å². The van der Waals surface area contributed by atoms with Crippen LogP contribution < -0.4 is 21.7 Å². The number of primary amides is 1. The molecule has 0 aromatic heterocycles. The van der Waals surface area contributed by atoms with Crippen LogP contribution in [0.15, 0.2) is 0 Å². The fourth-order valence-corrected chi connectivity index (χ4v) is 8.94. The molecule has 3 aliphatic rings. The van der Waals surface area contributed by atoms with E-state index in [4.69, 9.17) is 5.73 Å². The molecule has 12 nitrogen and oxygen atoms in total. The van der Waals surface area contributed by atoms with Gasteiger partial charge >= 0.3 is 6.03 Å². The van der Waals surface area contributed by atoms with Crippen LogP contribution >= 0.6 is 0 Å². The van der Waals surface area contributed by atoms with Gasteiger partial charge < -0.3 is 26.6 Å². The van der Waals surface area contributed by atoms with Crippen LogP contribution in [0, 0.1) is 34.5 Å². The largest absolute Gasteiger partial charge is 0.363 e. The molecule has 5 N–H and O–H groups in total. The second-order valence-electron chi connectivity index (χ2n) is 17.6. The van der Waals surface area contributed by atoms with Gasteiger partial charge in [-0.3, -0.25) is 19.2 Å². The maximum Gasteiger partial charge on any atom is 0.315 e. The fraction of sp³-hybridized carbons (Fsp3) is 0.853. The minimum Gasteiger partial charge on any atom is -0.363 e. The molecule has 0 aromatic rings. The molecule has 2 unspecified atom stereocenters. The first kappa shape index (κ1) is 38.7. The number of nitrogens with zero attached hydrogens (tertiary/aromatic N) is 1. The molecule has 3 fully saturated rings. The summed E-state index contributed by atoms with van der Waals surface area (Å²) < 4.78 is 25.4. The minimum atomic E-state index is -3.60. The van der Waals surface area contributed by atoms with Crippen LogP contribution in [0.5, 0.6) is 0 Å². The number of hydrogen-bond donors (Lipinski definition) is 4. The van der Waals surface area contributed by atoms with Crippen LogP contribution in [0.25, 0.3) is 0 Å². The number of likely N-dealkylation sites (tertiary alicyclic amines) is 1. The molecule has 0 spiro atoms. The number of carbonyl (C=O) groups excluding carboxylic acids is 5. The van der Waals surface area contributed by atoms with Crippen LogP contribution in [0.2, 0.25) is 0 Å². The van der Waals surface area contributed by atoms with Crippen LogP contribution in [-0.4, -0.2) is 83.6 Å². The molecule has 6 atom stereocenters. The molecule has 5 amide bonds. The van der Waals surface area contributed by atoms with E-state index in [1.807, 2.05) is 48.5 Å². The van der Waals surface area contributed by atoms with E-state index < -0.39 is 73.2 Å². The van der Waals surface area contributed by atoms with Gasteiger partial charge in [0, 0.05) is 6.54 Å². The first-order chi connectivity index (χ1) is 21.2. The average Bonchev–Trinajstić information content (AvgIpc) is 3.17. The predicted octanol–water partition coefficient (Wildman–Crippen LogP) is 2.93. The zero-order chi connectivity index (χ0) is 36.1. The Hall–Kier alpha value is -2.70. The lowest BCUT2D eigenvalue weighted by Gasteiger charge is -2.39. The Morgan fingerprint density at radius 1 is 0.957 bits per heavy atom. The number of urea groups is 1. The Balaban J connectivity index is 1.86. The topological polar surface area (TPSA) is 185 Å². The van der Waals surface area contributed by atoms with E-state index in [0.717, 1.165) is 19.3 Å². The van der Waals surface area contributed by atoms with E-state index in [9.17, 15) is 32.4 Å². The number of sulfone groups is 1. The Bertz CT molecular complexity index is 1360. The molecule has 1 aliphatic heterocycles. The van der Waals surface area contributed by atoms with Gasteiger partial charge in [-0.15, -0.1) is 0 Å². The molecular weight excluding hydrogens is 622 g/mol. The summed E-state index contributed by atoms with van der Waals surface area (Å²) in [6.45, 7) is 20.3. The van der Waals surface area contributed by atoms with Gasteiger partial charge in [-0.05, 0) is 75.0 Å². The van der Waals surface area contributed by atoms with Crippen molar-refractivity contribution in [2.45, 2.75) is 137 Å². The Labute approximate surface area is 281 Å². The highest BCUT2D eigenvalue weighted by Gasteiger charge is 2.70. The molecule has 13 heteroatoms. The monoisotopic (exact) mass is 681 g/mol. The molecule has 0 bridgehead atoms. The molecule has 0 aromatic carbocycles. The molecular formula is C34H59N5O7S. The summed E-state index contributed by atoms with van der Waals surface area (Å²) in [5.74, 6) is -3.02. The third-order valence-electron chi connectivity index (χ3n) is 10.5. The van der Waals surface area contributed by atoms with Crippen molar-refractivity contribution >= 4 is 39.4 Å². The summed E-state index contributed by atoms with van der Waals surface area (Å²) in [6.07, 6.45) is 3.55. The van der Waals surface area contributed by atoms with E-state index in [-0.39, 0.29) is 34.8 Å². The van der Waals surface area contributed by atoms with Gasteiger partial charge in [0.2, 0.25) is 17.6 Å². The van der Waals surface area contributed by atoms with Crippen molar-refractivity contribution in [3.05, 3.63) is 0 Å². The zero-order valence-corrected chi connectivity index (χ0v) is 31.1. The number of rotatable bonds is 13. The maximum absolute atomic E-state index is 14.4. The van der Waals surface area contributed by atoms with Crippen molar-refractivity contribution < 1.29 is 32.4 Å². The third kappa shape index (κ3) is 8.67. The highest BCUT2D eigenvalue weighted by molar-refractivity contribution is 7.92. The smallest absolute Gasteiger partial charge is 0.315 e. The van der Waals surface area contributed by atoms with Gasteiger partial charge in [0.25, 0.3) is 5.91 Å². The second kappa shape index (κ2) is 13.3. The molecule has 47 heavy (non-hydrogen) atoms. The molecule has 2 saturated carbocycles. The van der Waals surface area contributed by atoms with E-state index in [1.165, 1.54) is 4.90 Å². The standard InChI is InChI=1S/C34H59N5O7S/c1-19(2)16-34(11,18-47(45,46)32(6,7)8)38-30(44)37-26(31(3,4)5)29(43)39-17-21-23(33(21,9)10)24(39)28(42)36-22(25(40)27(35)41)15-20-13-12-14-20/h19-24,26H,12-18H2,1-11H3,(H2,35,41)(H,36,42)(H2,37,38,44)/t21-,22?,23?,24-,26-,34-/m0/s1. The second-order valence-corrected chi connectivity index (χ2v) is 20.4. The quantitative estimate of drug-likeness (QED) is 0.215. The first-order valence-electron chi connectivity index (χ1n) is 17.0. The van der Waals surface area contributed by atoms with Gasteiger partial charge in [0.05, 0.1) is 22.1 Å². The number of hydrogen-bond acceptors (Lipinski definition) is 7. The lowest BCUT2D eigenvalue weighted by Crippen LogP contribution is -2.63. The summed E-state index contributed by atoms with van der Waals surface area (Å²) in [7, 11) is -3.60. The normalized spacial score (nSPS) is 25.1. The maximum atomic E-state index is 14.4. The first-order valence-corrected chi connectivity index (χ1v) is 18.6. The van der Waals surface area contributed by atoms with Gasteiger partial charge in [0.1, 0.15) is 12.1 Å². The highest BCUT2D eigenvalue weighted by Crippen LogP contribution is 2.65. The van der Waals surface area contributed by atoms with Crippen molar-refractivity contribution in [3.8, 4) is 0 Å². The highest BCUT2D eigenvalue weighted by atomic mass is 32.2. The zero-order valence-electron chi connectivity index (χ0n) is 30.3. The van der Waals surface area contributed by atoms with Crippen molar-refractivity contribution in [3.63, 3.8) is 0 Å². The van der Waals surface area contributed by atoms with Crippen LogP contribution in [0.4, 0.5) is 4.79 Å². The molecule has 0 radical (unpaired) electrons. The molecule has 1 heterocycles. The summed E-state index contributed by atoms with van der Waals surface area (Å²) in [5, 5.41) is 8.49. The fourth-order valence-electron chi connectivity index (χ4n) is 7.47. The SMILES string of the molecule is CC(C)C[C@@](C)(CS(=O)(=O)C(C)(C)C)NC(=O)N[C@@H](C(=O)N1C[C@H]2C([C@H]1C(=O)NC(CC1CCC1)C(=O)C(N)=O)C2(C)C)C(C)(C)C. The van der Waals surface area contributed by atoms with Crippen LogP contribution in [-0.2, 0) is 29.0 Å². The van der Waals surface area contributed by atoms with E-state index in [1.54, 1.807) is 27.7 Å². The summed E-state index contributed by atoms with van der Waals surface area (Å²) in [5.41, 5.74) is 3.23. The number of amides is 5. The Morgan fingerprint density at radius 3 is 1.98 bits per heavy atom. The molecule has 268 valence electrons. The van der Waals surface area contributed by atoms with Crippen molar-refractivity contribution in [1.29, 1.82) is 0 Å². The predicted molar refractivity (Wildman–Crippen MR) is 181 cm³/mol. The Morgan fingerprint density at radius 2 is 1.53 bits per heavy atom. The summed E-state index contributed by atoms with van der Waals surface area (Å²) in [6, 6.07) is -3.69. The van der Waals surface area contributed by atoms with E-state index >= 15 is 0 Å². The summed E-state index contributed by atoms with van der Waals surface area (Å²) >= 11 is 0. The Kier molecular flexibility index (Phi) is 11.0. The van der Waals surface area contributed by atoms with Gasteiger partial charge in [-0.2, -0.15) is 0 Å². The van der Waals surface area contributed by atoms with Crippen molar-refractivity contribution in [2.24, 2.45) is 40.2 Å². The van der Waals surface area contributed by atoms with E-state index in [2.05, 4.69) is 16.0 Å². The van der Waals surface area contributed by atoms with Crippen LogP contribution in [0.3, 0.4) is 0 Å². The van der Waals surface area contributed by atoms with Gasteiger partial charge in [0.15, 0.2) is 9.84 Å². The number of Topliss-reactive ketones (excluding diaryl/α,β-unsaturated/α-hetero) is 1. The molecule has 3 rings (SSSR count). The van der Waals surface area contributed by atoms with Crippen molar-refractivity contribution in [1.82, 2.24) is 20.9 Å². The number of piperidine rings is 1. The minimum absolute atomic E-state index is 0.0468. The third-order valence-corrected chi connectivity index (χ3v) is 13.4. The summed E-state index contributed by atoms with van der Waals surface area (Å²) in [4.78, 5) is 68.0. The number of nitrogens with two attached hydrogens (primary N) is 1. The number of nitrogens with one attached hydrogen (secondary N) is 3. The average molecular weight is 682 g/mol. The lowest BCUT2D eigenvalue weighted by atomic mass is 9.80. The van der Waals surface area contributed by atoms with Crippen LogP contribution in [0.1, 0.15) is 108 Å². The number of fused-ring (bicyclic) bond motifs is 1.